The second-order valence-corrected chi connectivity index (χ2v) is 21.2. The highest BCUT2D eigenvalue weighted by Gasteiger charge is 2.32. The van der Waals surface area contributed by atoms with Crippen molar-refractivity contribution in [1.82, 2.24) is 10.2 Å². The number of carbonyl (C=O) groups is 4. The number of amides is 2. The minimum absolute atomic E-state index is 0.00604. The minimum atomic E-state index is -3.59. The van der Waals surface area contributed by atoms with Gasteiger partial charge < -0.3 is 28.7 Å². The molecule has 1 aromatic heterocycles. The van der Waals surface area contributed by atoms with Crippen LogP contribution in [-0.2, 0) is 59.5 Å². The van der Waals surface area contributed by atoms with Gasteiger partial charge in [-0.15, -0.1) is 0 Å². The fourth-order valence-corrected chi connectivity index (χ4v) is 14.1. The van der Waals surface area contributed by atoms with Crippen LogP contribution in [0.1, 0.15) is 63.6 Å². The molecule has 12 nitrogen and oxygen atoms in total. The van der Waals surface area contributed by atoms with Crippen LogP contribution in [0.2, 0.25) is 10.0 Å². The zero-order chi connectivity index (χ0) is 40.1. The molecule has 2 aliphatic rings. The molecule has 2 amide bonds. The summed E-state index contributed by atoms with van der Waals surface area (Å²) in [5, 5.41) is 4.36. The molecule has 1 saturated heterocycles. The zero-order valence-corrected chi connectivity index (χ0v) is 34.8. The SMILES string of the molecule is CC(OC(=O)CCCC[SH]1CC[S+]([O-])C1)OC(=O)[C@H](Cc1cccc(S(C)(=O)=O)c1)NC(=O)c1c(Cl)cc2c(c1Cl)CCN(C(=O)c1ccc3ccoc3c1)C2. The van der Waals surface area contributed by atoms with Gasteiger partial charge in [-0.25, -0.2) is 24.1 Å². The summed E-state index contributed by atoms with van der Waals surface area (Å²) in [4.78, 5) is 55.2. The van der Waals surface area contributed by atoms with Crippen molar-refractivity contribution in [3.05, 3.63) is 98.7 Å². The highest BCUT2D eigenvalue weighted by Crippen LogP contribution is 2.36. The summed E-state index contributed by atoms with van der Waals surface area (Å²) in [7, 11) is -3.84. The zero-order valence-electron chi connectivity index (χ0n) is 30.8. The molecule has 4 aromatic rings. The van der Waals surface area contributed by atoms with E-state index in [4.69, 9.17) is 37.1 Å². The molecule has 56 heavy (non-hydrogen) atoms. The molecule has 3 heterocycles. The first-order valence-electron chi connectivity index (χ1n) is 18.0. The molecule has 0 aliphatic carbocycles. The Morgan fingerprint density at radius 1 is 1.07 bits per heavy atom. The van der Waals surface area contributed by atoms with E-state index in [2.05, 4.69) is 5.32 Å². The number of fused-ring (bicyclic) bond motifs is 2. The number of thiol groups is 1. The molecule has 4 atom stereocenters. The van der Waals surface area contributed by atoms with Crippen LogP contribution in [0.3, 0.4) is 0 Å². The second-order valence-electron chi connectivity index (χ2n) is 13.8. The summed E-state index contributed by atoms with van der Waals surface area (Å²) in [5.74, 6) is 0.209. The van der Waals surface area contributed by atoms with Crippen molar-refractivity contribution in [3.8, 4) is 0 Å². The summed E-state index contributed by atoms with van der Waals surface area (Å²) >= 11 is 12.8. The first-order valence-corrected chi connectivity index (χ1v) is 24.0. The molecule has 1 fully saturated rings. The van der Waals surface area contributed by atoms with Gasteiger partial charge in [0.1, 0.15) is 22.5 Å². The van der Waals surface area contributed by atoms with Crippen LogP contribution in [0.5, 0.6) is 0 Å². The van der Waals surface area contributed by atoms with Crippen LogP contribution in [0.4, 0.5) is 0 Å². The molecule has 2 aliphatic heterocycles. The average Bonchev–Trinajstić information content (AvgIpc) is 3.80. The summed E-state index contributed by atoms with van der Waals surface area (Å²) in [6.45, 7) is 1.89. The molecule has 3 aromatic carbocycles. The number of carbonyl (C=O) groups excluding carboxylic acids is 4. The predicted octanol–water partition coefficient (Wildman–Crippen LogP) is 6.01. The number of esters is 2. The Morgan fingerprint density at radius 3 is 2.62 bits per heavy atom. The lowest BCUT2D eigenvalue weighted by Gasteiger charge is -2.30. The molecule has 0 spiro atoms. The monoisotopic (exact) mass is 864 g/mol. The lowest BCUT2D eigenvalue weighted by molar-refractivity contribution is -0.185. The van der Waals surface area contributed by atoms with Crippen LogP contribution >= 0.6 is 34.1 Å². The molecule has 0 radical (unpaired) electrons. The molecule has 17 heteroatoms. The highest BCUT2D eigenvalue weighted by atomic mass is 35.5. The third-order valence-corrected chi connectivity index (χ3v) is 16.8. The van der Waals surface area contributed by atoms with Crippen molar-refractivity contribution in [3.63, 3.8) is 0 Å². The van der Waals surface area contributed by atoms with Crippen molar-refractivity contribution in [2.45, 2.75) is 62.8 Å². The van der Waals surface area contributed by atoms with Gasteiger partial charge in [0, 0.05) is 55.8 Å². The maximum absolute atomic E-state index is 13.9. The molecule has 300 valence electrons. The molecule has 0 bridgehead atoms. The first-order chi connectivity index (χ1) is 26.7. The first kappa shape index (κ1) is 41.9. The van der Waals surface area contributed by atoms with Crippen LogP contribution in [-0.4, -0.2) is 89.1 Å². The van der Waals surface area contributed by atoms with Gasteiger partial charge in [0.2, 0.25) is 6.29 Å². The van der Waals surface area contributed by atoms with E-state index in [0.29, 0.717) is 47.2 Å². The molecular formula is C39H42Cl2N2O10S3. The summed E-state index contributed by atoms with van der Waals surface area (Å²) in [6.07, 6.45) is 2.98. The van der Waals surface area contributed by atoms with Crippen molar-refractivity contribution in [1.29, 1.82) is 0 Å². The number of ether oxygens (including phenoxy) is 2. The van der Waals surface area contributed by atoms with Gasteiger partial charge in [0.05, 0.1) is 26.8 Å². The van der Waals surface area contributed by atoms with Crippen LogP contribution < -0.4 is 5.32 Å². The van der Waals surface area contributed by atoms with E-state index in [1.807, 2.05) is 12.1 Å². The van der Waals surface area contributed by atoms with E-state index in [1.165, 1.54) is 25.1 Å². The van der Waals surface area contributed by atoms with E-state index >= 15 is 0 Å². The van der Waals surface area contributed by atoms with Crippen LogP contribution in [0.15, 0.2) is 70.2 Å². The standard InChI is InChI=1S/C39H42Cl2N2O10S3/c1-24(52-34(44)8-3-4-15-54-16-17-55(48)23-54)53-39(47)32(19-25-6-5-7-29(18-25)56(2,49)50)42-37(45)35-31(40)20-28-22-43(13-11-30(28)36(35)41)38(46)27-10-9-26-12-14-51-33(26)21-27/h5-7,9-10,12,14,18,20-21,24,32,54H,3-4,8,11,13,15-17,19,22-23H2,1-2H3,(H,42,45)/t24?,32-,55?/m0/s1. The Hall–Kier alpha value is -3.73. The van der Waals surface area contributed by atoms with Gasteiger partial charge in [-0.1, -0.05) is 41.4 Å². The number of rotatable bonds is 14. The third-order valence-electron chi connectivity index (χ3n) is 9.62. The Kier molecular flexibility index (Phi) is 13.6. The molecule has 6 rings (SSSR count). The Morgan fingerprint density at radius 2 is 1.88 bits per heavy atom. The van der Waals surface area contributed by atoms with Crippen molar-refractivity contribution >= 4 is 89.8 Å². The van der Waals surface area contributed by atoms with Gasteiger partial charge in [-0.05, 0) is 89.3 Å². The van der Waals surface area contributed by atoms with Crippen molar-refractivity contribution in [2.24, 2.45) is 0 Å². The number of hydrogen-bond acceptors (Lipinski definition) is 10. The van der Waals surface area contributed by atoms with Gasteiger partial charge in [0.25, 0.3) is 11.8 Å². The molecule has 0 saturated carbocycles. The van der Waals surface area contributed by atoms with Gasteiger partial charge in [-0.3, -0.25) is 14.4 Å². The molecular weight excluding hydrogens is 824 g/mol. The van der Waals surface area contributed by atoms with E-state index in [-0.39, 0.29) is 56.7 Å². The van der Waals surface area contributed by atoms with Gasteiger partial charge >= 0.3 is 11.9 Å². The van der Waals surface area contributed by atoms with E-state index < -0.39 is 51.2 Å². The Labute approximate surface area is 341 Å². The predicted molar refractivity (Wildman–Crippen MR) is 218 cm³/mol. The van der Waals surface area contributed by atoms with Crippen molar-refractivity contribution in [2.75, 3.05) is 35.1 Å². The van der Waals surface area contributed by atoms with Crippen molar-refractivity contribution < 1.29 is 46.0 Å². The summed E-state index contributed by atoms with van der Waals surface area (Å²) in [6, 6.07) is 13.2. The number of nitrogens with zero attached hydrogens (tertiary/aromatic N) is 1. The second kappa shape index (κ2) is 18.2. The Balaban J connectivity index is 1.14. The lowest BCUT2D eigenvalue weighted by Crippen LogP contribution is -2.45. The van der Waals surface area contributed by atoms with Gasteiger partial charge in [-0.2, -0.15) is 0 Å². The van der Waals surface area contributed by atoms with E-state index in [0.717, 1.165) is 40.4 Å². The lowest BCUT2D eigenvalue weighted by atomic mass is 9.95. The highest BCUT2D eigenvalue weighted by molar-refractivity contribution is 8.27. The topological polar surface area (TPSA) is 172 Å². The smallest absolute Gasteiger partial charge is 0.332 e. The largest absolute Gasteiger partial charge is 0.616 e. The number of hydrogen-bond donors (Lipinski definition) is 2. The Bertz CT molecular complexity index is 2250. The number of halogens is 2. The third kappa shape index (κ3) is 10.4. The maximum Gasteiger partial charge on any atom is 0.332 e. The minimum Gasteiger partial charge on any atom is -0.616 e. The summed E-state index contributed by atoms with van der Waals surface area (Å²) < 4.78 is 52.5. The number of sulfone groups is 1. The number of furan rings is 1. The van der Waals surface area contributed by atoms with Crippen LogP contribution in [0.25, 0.3) is 11.0 Å². The normalized spacial score (nSPS) is 18.6. The number of nitrogens with one attached hydrogen (secondary N) is 1. The fourth-order valence-electron chi connectivity index (χ4n) is 6.72. The fraction of sp³-hybridized carbons (Fsp3) is 0.385. The molecule has 1 N–H and O–H groups in total. The number of unbranched alkanes of at least 4 members (excludes halogenated alkanes) is 1. The summed E-state index contributed by atoms with van der Waals surface area (Å²) in [5.41, 5.74) is 2.68. The van der Waals surface area contributed by atoms with Gasteiger partial charge in [0.15, 0.2) is 9.84 Å². The maximum atomic E-state index is 13.9. The van der Waals surface area contributed by atoms with E-state index in [9.17, 15) is 32.1 Å². The quantitative estimate of drug-likeness (QED) is 0.0503. The number of benzene rings is 3. The average molecular weight is 866 g/mol. The van der Waals surface area contributed by atoms with E-state index in [1.54, 1.807) is 35.4 Å². The molecule has 3 unspecified atom stereocenters. The van der Waals surface area contributed by atoms with Crippen LogP contribution in [0, 0.1) is 0 Å².